The molecule has 0 unspecified atom stereocenters. The summed E-state index contributed by atoms with van der Waals surface area (Å²) in [6.45, 7) is 6.21. The van der Waals surface area contributed by atoms with E-state index in [1.165, 1.54) is 11.1 Å². The minimum Gasteiger partial charge on any atom is -0.326 e. The van der Waals surface area contributed by atoms with Crippen molar-refractivity contribution in [2.24, 2.45) is 5.73 Å². The van der Waals surface area contributed by atoms with Gasteiger partial charge in [0.25, 0.3) is 0 Å². The summed E-state index contributed by atoms with van der Waals surface area (Å²) in [5.41, 5.74) is 9.50. The maximum Gasteiger partial charge on any atom is 0.123 e. The molecule has 0 aliphatic heterocycles. The van der Waals surface area contributed by atoms with Crippen molar-refractivity contribution < 1.29 is 0 Å². The molecule has 0 saturated heterocycles. The topological polar surface area (TPSA) is 38.9 Å². The van der Waals surface area contributed by atoms with Crippen LogP contribution in [0.15, 0.2) is 29.6 Å². The Bertz CT molecular complexity index is 506. The normalized spacial score (nSPS) is 11.8. The lowest BCUT2D eigenvalue weighted by atomic mass is 9.99. The minimum atomic E-state index is -0.117. The lowest BCUT2D eigenvalue weighted by molar-refractivity contribution is 0.475. The van der Waals surface area contributed by atoms with Gasteiger partial charge >= 0.3 is 0 Å². The highest BCUT2D eigenvalue weighted by Crippen LogP contribution is 2.25. The number of nitrogens with two attached hydrogens (primary N) is 1. The zero-order chi connectivity index (χ0) is 13.2. The third-order valence-corrected chi connectivity index (χ3v) is 3.82. The summed E-state index contributed by atoms with van der Waals surface area (Å²) in [6, 6.07) is 8.51. The van der Waals surface area contributed by atoms with Crippen molar-refractivity contribution >= 4 is 11.3 Å². The van der Waals surface area contributed by atoms with Gasteiger partial charge in [-0.05, 0) is 33.6 Å². The van der Waals surface area contributed by atoms with Gasteiger partial charge in [0.1, 0.15) is 5.01 Å². The Kier molecular flexibility index (Phi) is 3.83. The second-order valence-corrected chi connectivity index (χ2v) is 6.36. The van der Waals surface area contributed by atoms with Gasteiger partial charge in [0.2, 0.25) is 0 Å². The standard InChI is InChI=1S/C15H20N2S/c1-11-4-6-12(7-5-11)14-17-13(10-18-14)8-9-15(2,3)16/h4-7,10H,8-9,16H2,1-3H3. The fourth-order valence-electron chi connectivity index (χ4n) is 1.70. The largest absolute Gasteiger partial charge is 0.326 e. The SMILES string of the molecule is Cc1ccc(-c2nc(CCC(C)(C)N)cs2)cc1. The molecule has 0 atom stereocenters. The van der Waals surface area contributed by atoms with E-state index in [-0.39, 0.29) is 5.54 Å². The Morgan fingerprint density at radius 3 is 2.50 bits per heavy atom. The first-order valence-electron chi connectivity index (χ1n) is 6.24. The molecule has 96 valence electrons. The summed E-state index contributed by atoms with van der Waals surface area (Å²) in [5.74, 6) is 0. The van der Waals surface area contributed by atoms with Crippen LogP contribution in [0, 0.1) is 6.92 Å². The van der Waals surface area contributed by atoms with Gasteiger partial charge in [-0.15, -0.1) is 11.3 Å². The molecule has 0 aliphatic carbocycles. The molecule has 2 N–H and O–H groups in total. The highest BCUT2D eigenvalue weighted by atomic mass is 32.1. The Morgan fingerprint density at radius 1 is 1.22 bits per heavy atom. The molecule has 0 spiro atoms. The van der Waals surface area contributed by atoms with Crippen LogP contribution in [0.3, 0.4) is 0 Å². The number of hydrogen-bond acceptors (Lipinski definition) is 3. The number of rotatable bonds is 4. The van der Waals surface area contributed by atoms with Crippen LogP contribution in [0.4, 0.5) is 0 Å². The number of nitrogens with zero attached hydrogens (tertiary/aromatic N) is 1. The van der Waals surface area contributed by atoms with Gasteiger partial charge in [-0.2, -0.15) is 0 Å². The molecule has 1 aromatic carbocycles. The minimum absolute atomic E-state index is 0.117. The fraction of sp³-hybridized carbons (Fsp3) is 0.400. The van der Waals surface area contributed by atoms with Crippen molar-refractivity contribution in [2.75, 3.05) is 0 Å². The van der Waals surface area contributed by atoms with E-state index in [2.05, 4.69) is 55.4 Å². The molecule has 1 heterocycles. The summed E-state index contributed by atoms with van der Waals surface area (Å²) in [5, 5.41) is 3.24. The quantitative estimate of drug-likeness (QED) is 0.908. The number of thiazole rings is 1. The van der Waals surface area contributed by atoms with Gasteiger partial charge in [0.15, 0.2) is 0 Å². The highest BCUT2D eigenvalue weighted by Gasteiger charge is 2.12. The molecule has 0 aliphatic rings. The van der Waals surface area contributed by atoms with Crippen molar-refractivity contribution in [3.05, 3.63) is 40.9 Å². The van der Waals surface area contributed by atoms with Gasteiger partial charge < -0.3 is 5.73 Å². The van der Waals surface area contributed by atoms with E-state index in [4.69, 9.17) is 5.73 Å². The maximum atomic E-state index is 5.99. The number of benzene rings is 1. The zero-order valence-corrected chi connectivity index (χ0v) is 12.1. The summed E-state index contributed by atoms with van der Waals surface area (Å²) >= 11 is 1.71. The van der Waals surface area contributed by atoms with Crippen molar-refractivity contribution in [2.45, 2.75) is 39.2 Å². The maximum absolute atomic E-state index is 5.99. The molecule has 2 nitrogen and oxygen atoms in total. The first-order valence-corrected chi connectivity index (χ1v) is 7.12. The molecule has 2 rings (SSSR count). The highest BCUT2D eigenvalue weighted by molar-refractivity contribution is 7.13. The van der Waals surface area contributed by atoms with Crippen molar-refractivity contribution in [3.8, 4) is 10.6 Å². The zero-order valence-electron chi connectivity index (χ0n) is 11.2. The van der Waals surface area contributed by atoms with Crippen LogP contribution in [0.1, 0.15) is 31.5 Å². The lowest BCUT2D eigenvalue weighted by Crippen LogP contribution is -2.32. The second-order valence-electron chi connectivity index (χ2n) is 5.50. The number of aryl methyl sites for hydroxylation is 2. The van der Waals surface area contributed by atoms with Crippen LogP contribution in [-0.4, -0.2) is 10.5 Å². The fourth-order valence-corrected chi connectivity index (χ4v) is 2.56. The van der Waals surface area contributed by atoms with Gasteiger partial charge in [0, 0.05) is 16.5 Å². The van der Waals surface area contributed by atoms with Crippen LogP contribution in [-0.2, 0) is 6.42 Å². The van der Waals surface area contributed by atoms with Crippen LogP contribution in [0.2, 0.25) is 0 Å². The smallest absolute Gasteiger partial charge is 0.123 e. The average Bonchev–Trinajstić information content (AvgIpc) is 2.75. The number of hydrogen-bond donors (Lipinski definition) is 1. The van der Waals surface area contributed by atoms with Crippen molar-refractivity contribution in [1.82, 2.24) is 4.98 Å². The van der Waals surface area contributed by atoms with E-state index in [1.54, 1.807) is 11.3 Å². The summed E-state index contributed by atoms with van der Waals surface area (Å²) in [4.78, 5) is 4.68. The third kappa shape index (κ3) is 3.65. The average molecular weight is 260 g/mol. The Balaban J connectivity index is 2.08. The van der Waals surface area contributed by atoms with Gasteiger partial charge in [-0.25, -0.2) is 4.98 Å². The van der Waals surface area contributed by atoms with Crippen LogP contribution >= 0.6 is 11.3 Å². The third-order valence-electron chi connectivity index (χ3n) is 2.88. The first kappa shape index (κ1) is 13.2. The Hall–Kier alpha value is -1.19. The molecule has 18 heavy (non-hydrogen) atoms. The van der Waals surface area contributed by atoms with E-state index >= 15 is 0 Å². The van der Waals surface area contributed by atoms with Crippen LogP contribution in [0.25, 0.3) is 10.6 Å². The van der Waals surface area contributed by atoms with Crippen LogP contribution < -0.4 is 5.73 Å². The van der Waals surface area contributed by atoms with E-state index in [0.29, 0.717) is 0 Å². The molecule has 0 radical (unpaired) electrons. The number of aromatic nitrogens is 1. The molecular formula is C15H20N2S. The molecule has 0 fully saturated rings. The molecular weight excluding hydrogens is 240 g/mol. The van der Waals surface area contributed by atoms with E-state index in [1.807, 2.05) is 0 Å². The molecule has 0 saturated carbocycles. The molecule has 2 aromatic rings. The van der Waals surface area contributed by atoms with Crippen molar-refractivity contribution in [3.63, 3.8) is 0 Å². The van der Waals surface area contributed by atoms with E-state index < -0.39 is 0 Å². The van der Waals surface area contributed by atoms with Gasteiger partial charge in [-0.1, -0.05) is 29.8 Å². The molecule has 1 aromatic heterocycles. The summed E-state index contributed by atoms with van der Waals surface area (Å²) in [7, 11) is 0. The van der Waals surface area contributed by atoms with Crippen molar-refractivity contribution in [1.29, 1.82) is 0 Å². The van der Waals surface area contributed by atoms with Gasteiger partial charge in [-0.3, -0.25) is 0 Å². The van der Waals surface area contributed by atoms with E-state index in [0.717, 1.165) is 23.5 Å². The Morgan fingerprint density at radius 2 is 1.89 bits per heavy atom. The predicted molar refractivity (Wildman–Crippen MR) is 78.9 cm³/mol. The Labute approximate surface area is 113 Å². The van der Waals surface area contributed by atoms with E-state index in [9.17, 15) is 0 Å². The van der Waals surface area contributed by atoms with Gasteiger partial charge in [0.05, 0.1) is 5.69 Å². The summed E-state index contributed by atoms with van der Waals surface area (Å²) < 4.78 is 0. The molecule has 3 heteroatoms. The second kappa shape index (κ2) is 5.21. The predicted octanol–water partition coefficient (Wildman–Crippen LogP) is 3.79. The lowest BCUT2D eigenvalue weighted by Gasteiger charge is -2.16. The molecule has 0 amide bonds. The summed E-state index contributed by atoms with van der Waals surface area (Å²) in [6.07, 6.45) is 1.91. The van der Waals surface area contributed by atoms with Crippen LogP contribution in [0.5, 0.6) is 0 Å². The first-order chi connectivity index (χ1) is 8.44. The monoisotopic (exact) mass is 260 g/mol. The molecule has 0 bridgehead atoms.